The molecule has 0 saturated heterocycles. The van der Waals surface area contributed by atoms with Crippen molar-refractivity contribution in [2.45, 2.75) is 19.4 Å². The number of nitrogens with zero attached hydrogens (tertiary/aromatic N) is 1. The number of rotatable bonds is 10. The first kappa shape index (κ1) is 20.6. The van der Waals surface area contributed by atoms with Crippen molar-refractivity contribution in [2.24, 2.45) is 4.99 Å². The number of methoxy groups -OCH3 is 2. The Balaban J connectivity index is 1.65. The van der Waals surface area contributed by atoms with Crippen LogP contribution in [-0.4, -0.2) is 40.4 Å². The Morgan fingerprint density at radius 2 is 1.74 bits per heavy atom. The average Bonchev–Trinajstić information content (AvgIpc) is 2.72. The molecule has 0 amide bonds. The highest BCUT2D eigenvalue weighted by Crippen LogP contribution is 2.29. The van der Waals surface area contributed by atoms with Crippen molar-refractivity contribution in [1.29, 1.82) is 0 Å². The summed E-state index contributed by atoms with van der Waals surface area (Å²) in [6.45, 7) is 2.23. The number of hydrogen-bond acceptors (Lipinski definition) is 4. The first-order chi connectivity index (χ1) is 13.3. The SMILES string of the molecule is CN=C(NCCCCOCc1ccccc1)Nc1ccc(OC)c(OC)c1. The first-order valence-electron chi connectivity index (χ1n) is 9.08. The zero-order chi connectivity index (χ0) is 19.3. The van der Waals surface area contributed by atoms with Gasteiger partial charge in [0.1, 0.15) is 0 Å². The standard InChI is InChI=1S/C21H29N3O3/c1-22-21(24-18-11-12-19(25-2)20(15-18)26-3)23-13-7-8-14-27-16-17-9-5-4-6-10-17/h4-6,9-12,15H,7-8,13-14,16H2,1-3H3,(H2,22,23,24). The van der Waals surface area contributed by atoms with Crippen LogP contribution in [0.1, 0.15) is 18.4 Å². The molecule has 0 radical (unpaired) electrons. The third-order valence-electron chi connectivity index (χ3n) is 3.99. The fraction of sp³-hybridized carbons (Fsp3) is 0.381. The lowest BCUT2D eigenvalue weighted by atomic mass is 10.2. The second-order valence-electron chi connectivity index (χ2n) is 5.94. The monoisotopic (exact) mass is 371 g/mol. The van der Waals surface area contributed by atoms with Gasteiger partial charge in [-0.2, -0.15) is 0 Å². The van der Waals surface area contributed by atoms with E-state index in [1.54, 1.807) is 21.3 Å². The molecule has 6 nitrogen and oxygen atoms in total. The summed E-state index contributed by atoms with van der Waals surface area (Å²) in [5, 5.41) is 6.55. The minimum absolute atomic E-state index is 0.663. The van der Waals surface area contributed by atoms with Crippen molar-refractivity contribution in [2.75, 3.05) is 39.7 Å². The zero-order valence-corrected chi connectivity index (χ0v) is 16.3. The van der Waals surface area contributed by atoms with Crippen LogP contribution in [0.4, 0.5) is 5.69 Å². The van der Waals surface area contributed by atoms with Crippen molar-refractivity contribution < 1.29 is 14.2 Å². The van der Waals surface area contributed by atoms with Gasteiger partial charge in [-0.05, 0) is 30.5 Å². The molecule has 0 aliphatic carbocycles. The van der Waals surface area contributed by atoms with Crippen molar-refractivity contribution in [3.8, 4) is 11.5 Å². The van der Waals surface area contributed by atoms with Gasteiger partial charge in [0.2, 0.25) is 0 Å². The molecular weight excluding hydrogens is 342 g/mol. The number of nitrogens with one attached hydrogen (secondary N) is 2. The van der Waals surface area contributed by atoms with Gasteiger partial charge in [0, 0.05) is 32.0 Å². The lowest BCUT2D eigenvalue weighted by molar-refractivity contribution is 0.117. The van der Waals surface area contributed by atoms with Crippen LogP contribution in [-0.2, 0) is 11.3 Å². The van der Waals surface area contributed by atoms with E-state index in [-0.39, 0.29) is 0 Å². The topological polar surface area (TPSA) is 64.1 Å². The van der Waals surface area contributed by atoms with Gasteiger partial charge in [-0.3, -0.25) is 4.99 Å². The average molecular weight is 371 g/mol. The number of aliphatic imine (C=N–C) groups is 1. The summed E-state index contributed by atoms with van der Waals surface area (Å²) in [7, 11) is 4.99. The predicted octanol–water partition coefficient (Wildman–Crippen LogP) is 3.69. The molecule has 2 rings (SSSR count). The van der Waals surface area contributed by atoms with Gasteiger partial charge < -0.3 is 24.8 Å². The number of unbranched alkanes of at least 4 members (excludes halogenated alkanes) is 1. The van der Waals surface area contributed by atoms with E-state index in [0.717, 1.165) is 31.7 Å². The number of guanidine groups is 1. The molecule has 0 unspecified atom stereocenters. The molecule has 0 saturated carbocycles. The van der Waals surface area contributed by atoms with E-state index in [9.17, 15) is 0 Å². The molecule has 0 spiro atoms. The molecule has 0 fully saturated rings. The second-order valence-corrected chi connectivity index (χ2v) is 5.94. The number of hydrogen-bond donors (Lipinski definition) is 2. The van der Waals surface area contributed by atoms with E-state index >= 15 is 0 Å². The van der Waals surface area contributed by atoms with Crippen LogP contribution in [0.5, 0.6) is 11.5 Å². The summed E-state index contributed by atoms with van der Waals surface area (Å²) in [5.41, 5.74) is 2.09. The Labute approximate surface area is 161 Å². The van der Waals surface area contributed by atoms with Crippen LogP contribution in [0.3, 0.4) is 0 Å². The molecule has 0 aliphatic heterocycles. The van der Waals surface area contributed by atoms with Gasteiger partial charge in [-0.1, -0.05) is 30.3 Å². The summed E-state index contributed by atoms with van der Waals surface area (Å²) in [6.07, 6.45) is 1.99. The third kappa shape index (κ3) is 7.19. The van der Waals surface area contributed by atoms with Gasteiger partial charge in [0.25, 0.3) is 0 Å². The van der Waals surface area contributed by atoms with E-state index in [2.05, 4.69) is 27.8 Å². The number of anilines is 1. The molecule has 0 aromatic heterocycles. The molecule has 0 bridgehead atoms. The maximum Gasteiger partial charge on any atom is 0.195 e. The molecule has 2 aromatic carbocycles. The van der Waals surface area contributed by atoms with Gasteiger partial charge in [-0.15, -0.1) is 0 Å². The molecular formula is C21H29N3O3. The van der Waals surface area contributed by atoms with E-state index in [0.29, 0.717) is 24.1 Å². The Bertz CT molecular complexity index is 705. The summed E-state index contributed by atoms with van der Waals surface area (Å²) in [4.78, 5) is 4.25. The highest BCUT2D eigenvalue weighted by molar-refractivity contribution is 5.93. The molecule has 0 atom stereocenters. The summed E-state index contributed by atoms with van der Waals surface area (Å²) < 4.78 is 16.3. The summed E-state index contributed by atoms with van der Waals surface area (Å²) >= 11 is 0. The van der Waals surface area contributed by atoms with Crippen molar-refractivity contribution >= 4 is 11.6 Å². The van der Waals surface area contributed by atoms with Crippen molar-refractivity contribution in [3.63, 3.8) is 0 Å². The predicted molar refractivity (Wildman–Crippen MR) is 110 cm³/mol. The van der Waals surface area contributed by atoms with E-state index < -0.39 is 0 Å². The normalized spacial score (nSPS) is 11.1. The lowest BCUT2D eigenvalue weighted by Gasteiger charge is -2.14. The van der Waals surface area contributed by atoms with Gasteiger partial charge >= 0.3 is 0 Å². The largest absolute Gasteiger partial charge is 0.493 e. The van der Waals surface area contributed by atoms with E-state index in [1.807, 2.05) is 36.4 Å². The maximum atomic E-state index is 5.70. The van der Waals surface area contributed by atoms with Crippen LogP contribution in [0.25, 0.3) is 0 Å². The molecule has 2 N–H and O–H groups in total. The Morgan fingerprint density at radius 1 is 0.963 bits per heavy atom. The summed E-state index contributed by atoms with van der Waals surface area (Å²) in [5.74, 6) is 2.09. The smallest absolute Gasteiger partial charge is 0.195 e. The number of ether oxygens (including phenoxy) is 3. The molecule has 27 heavy (non-hydrogen) atoms. The van der Waals surface area contributed by atoms with Crippen molar-refractivity contribution in [3.05, 3.63) is 54.1 Å². The van der Waals surface area contributed by atoms with E-state index in [4.69, 9.17) is 14.2 Å². The zero-order valence-electron chi connectivity index (χ0n) is 16.3. The third-order valence-corrected chi connectivity index (χ3v) is 3.99. The first-order valence-corrected chi connectivity index (χ1v) is 9.08. The molecule has 0 heterocycles. The quantitative estimate of drug-likeness (QED) is 0.379. The van der Waals surface area contributed by atoms with Gasteiger partial charge in [-0.25, -0.2) is 0 Å². The highest BCUT2D eigenvalue weighted by atomic mass is 16.5. The Morgan fingerprint density at radius 3 is 2.44 bits per heavy atom. The van der Waals surface area contributed by atoms with E-state index in [1.165, 1.54) is 5.56 Å². The molecule has 6 heteroatoms. The Hall–Kier alpha value is -2.73. The van der Waals surface area contributed by atoms with Gasteiger partial charge in [0.15, 0.2) is 17.5 Å². The number of benzene rings is 2. The van der Waals surface area contributed by atoms with Crippen molar-refractivity contribution in [1.82, 2.24) is 5.32 Å². The Kier molecular flexibility index (Phi) is 9.00. The van der Waals surface area contributed by atoms with Crippen LogP contribution in [0.2, 0.25) is 0 Å². The second kappa shape index (κ2) is 11.8. The lowest BCUT2D eigenvalue weighted by Crippen LogP contribution is -2.31. The summed E-state index contributed by atoms with van der Waals surface area (Å²) in [6, 6.07) is 15.9. The van der Waals surface area contributed by atoms with Crippen LogP contribution in [0, 0.1) is 0 Å². The van der Waals surface area contributed by atoms with Crippen LogP contribution >= 0.6 is 0 Å². The van der Waals surface area contributed by atoms with Crippen LogP contribution in [0.15, 0.2) is 53.5 Å². The fourth-order valence-corrected chi connectivity index (χ4v) is 2.53. The maximum absolute atomic E-state index is 5.70. The molecule has 2 aromatic rings. The molecule has 0 aliphatic rings. The van der Waals surface area contributed by atoms with Gasteiger partial charge in [0.05, 0.1) is 20.8 Å². The highest BCUT2D eigenvalue weighted by Gasteiger charge is 2.06. The minimum Gasteiger partial charge on any atom is -0.493 e. The van der Waals surface area contributed by atoms with Crippen LogP contribution < -0.4 is 20.1 Å². The molecule has 146 valence electrons. The minimum atomic E-state index is 0.663. The fourth-order valence-electron chi connectivity index (χ4n) is 2.53.